The third-order valence-electron chi connectivity index (χ3n) is 1.66. The highest BCUT2D eigenvalue weighted by atomic mass is 32.1. The third kappa shape index (κ3) is 0.688. The van der Waals surface area contributed by atoms with E-state index in [4.69, 9.17) is 0 Å². The molecular formula is C8H9NS. The highest BCUT2D eigenvalue weighted by Gasteiger charge is 2.01. The lowest BCUT2D eigenvalue weighted by Crippen LogP contribution is -1.56. The van der Waals surface area contributed by atoms with E-state index in [1.54, 1.807) is 0 Å². The molecule has 2 aromatic heterocycles. The average Bonchev–Trinajstić information content (AvgIpc) is 2.35. The summed E-state index contributed by atoms with van der Waals surface area (Å²) in [6.45, 7) is 4.27. The maximum absolute atomic E-state index is 3.22. The summed E-state index contributed by atoms with van der Waals surface area (Å²) in [5, 5.41) is 0. The average molecular weight is 151 g/mol. The van der Waals surface area contributed by atoms with Gasteiger partial charge in [-0.25, -0.2) is 0 Å². The van der Waals surface area contributed by atoms with Crippen LogP contribution in [0.3, 0.4) is 0 Å². The van der Waals surface area contributed by atoms with E-state index in [1.807, 2.05) is 11.3 Å². The Morgan fingerprint density at radius 3 is 2.90 bits per heavy atom. The summed E-state index contributed by atoms with van der Waals surface area (Å²) in [7, 11) is 0. The van der Waals surface area contributed by atoms with Crippen molar-refractivity contribution in [3.05, 3.63) is 22.7 Å². The van der Waals surface area contributed by atoms with Gasteiger partial charge >= 0.3 is 0 Å². The number of aromatic amines is 1. The molecule has 0 unspecified atom stereocenters. The molecule has 1 nitrogen and oxygen atoms in total. The van der Waals surface area contributed by atoms with E-state index in [0.29, 0.717) is 0 Å². The fraction of sp³-hybridized carbons (Fsp3) is 0.250. The lowest BCUT2D eigenvalue weighted by atomic mass is 10.3. The molecule has 10 heavy (non-hydrogen) atoms. The van der Waals surface area contributed by atoms with Gasteiger partial charge in [-0.2, -0.15) is 0 Å². The number of hydrogen-bond acceptors (Lipinski definition) is 1. The first-order chi connectivity index (χ1) is 4.77. The number of thiophene rings is 1. The number of rotatable bonds is 0. The van der Waals surface area contributed by atoms with Crippen molar-refractivity contribution >= 4 is 21.6 Å². The third-order valence-corrected chi connectivity index (χ3v) is 2.84. The monoisotopic (exact) mass is 151 g/mol. The molecule has 2 aromatic rings. The van der Waals surface area contributed by atoms with Crippen LogP contribution in [0.25, 0.3) is 10.2 Å². The van der Waals surface area contributed by atoms with E-state index in [2.05, 4.69) is 31.1 Å². The molecule has 0 amide bonds. The van der Waals surface area contributed by atoms with Crippen molar-refractivity contribution in [1.29, 1.82) is 0 Å². The maximum Gasteiger partial charge on any atom is 0.0569 e. The van der Waals surface area contributed by atoms with Gasteiger partial charge < -0.3 is 4.98 Å². The molecule has 0 bridgehead atoms. The molecule has 1 N–H and O–H groups in total. The first-order valence-corrected chi connectivity index (χ1v) is 4.13. The Morgan fingerprint density at radius 2 is 2.20 bits per heavy atom. The smallest absolute Gasteiger partial charge is 0.0569 e. The summed E-state index contributed by atoms with van der Waals surface area (Å²) in [5.41, 5.74) is 2.63. The molecule has 0 atom stereocenters. The standard InChI is InChI=1S/C8H9NS/c1-5-4-9-7-3-6(2)10-8(5)7/h3-4,9H,1-2H3. The van der Waals surface area contributed by atoms with E-state index < -0.39 is 0 Å². The van der Waals surface area contributed by atoms with Gasteiger partial charge in [0.1, 0.15) is 0 Å². The van der Waals surface area contributed by atoms with Gasteiger partial charge in [0.15, 0.2) is 0 Å². The lowest BCUT2D eigenvalue weighted by molar-refractivity contribution is 1.42. The fourth-order valence-corrected chi connectivity index (χ4v) is 2.11. The van der Waals surface area contributed by atoms with Crippen LogP contribution in [0.1, 0.15) is 10.4 Å². The second-order valence-corrected chi connectivity index (χ2v) is 3.83. The van der Waals surface area contributed by atoms with Crippen molar-refractivity contribution in [2.45, 2.75) is 13.8 Å². The van der Waals surface area contributed by atoms with Crippen LogP contribution in [0, 0.1) is 13.8 Å². The second kappa shape index (κ2) is 1.86. The highest BCUT2D eigenvalue weighted by molar-refractivity contribution is 7.19. The van der Waals surface area contributed by atoms with Crippen LogP contribution in [-0.4, -0.2) is 4.98 Å². The van der Waals surface area contributed by atoms with Crippen LogP contribution in [0.4, 0.5) is 0 Å². The zero-order valence-corrected chi connectivity index (χ0v) is 6.88. The molecule has 0 saturated carbocycles. The summed E-state index contributed by atoms with van der Waals surface area (Å²) in [6, 6.07) is 2.19. The largest absolute Gasteiger partial charge is 0.360 e. The molecule has 0 aliphatic rings. The molecule has 0 saturated heterocycles. The molecule has 0 fully saturated rings. The van der Waals surface area contributed by atoms with Crippen LogP contribution in [0.15, 0.2) is 12.3 Å². The number of H-pyrrole nitrogens is 1. The zero-order chi connectivity index (χ0) is 7.14. The fourth-order valence-electron chi connectivity index (χ4n) is 1.17. The Morgan fingerprint density at radius 1 is 1.40 bits per heavy atom. The van der Waals surface area contributed by atoms with E-state index >= 15 is 0 Å². The first-order valence-electron chi connectivity index (χ1n) is 3.31. The molecule has 0 aliphatic carbocycles. The predicted octanol–water partition coefficient (Wildman–Crippen LogP) is 2.85. The van der Waals surface area contributed by atoms with Crippen molar-refractivity contribution in [1.82, 2.24) is 4.98 Å². The van der Waals surface area contributed by atoms with Crippen LogP contribution in [0.5, 0.6) is 0 Å². The highest BCUT2D eigenvalue weighted by Crippen LogP contribution is 2.26. The van der Waals surface area contributed by atoms with Gasteiger partial charge in [0.25, 0.3) is 0 Å². The molecule has 2 rings (SSSR count). The van der Waals surface area contributed by atoms with Gasteiger partial charge in [0.2, 0.25) is 0 Å². The van der Waals surface area contributed by atoms with Crippen LogP contribution < -0.4 is 0 Å². The minimum Gasteiger partial charge on any atom is -0.360 e. The number of fused-ring (bicyclic) bond motifs is 1. The van der Waals surface area contributed by atoms with E-state index in [0.717, 1.165) is 0 Å². The Bertz CT molecular complexity index is 356. The summed E-state index contributed by atoms with van der Waals surface area (Å²) >= 11 is 1.85. The van der Waals surface area contributed by atoms with Crippen LogP contribution in [0.2, 0.25) is 0 Å². The summed E-state index contributed by atoms with van der Waals surface area (Å²) in [6.07, 6.45) is 2.06. The van der Waals surface area contributed by atoms with Gasteiger partial charge in [0, 0.05) is 11.1 Å². The maximum atomic E-state index is 3.22. The summed E-state index contributed by atoms with van der Waals surface area (Å²) in [5.74, 6) is 0. The number of aromatic nitrogens is 1. The van der Waals surface area contributed by atoms with Crippen molar-refractivity contribution in [3.63, 3.8) is 0 Å². The molecule has 2 heterocycles. The quantitative estimate of drug-likeness (QED) is 0.596. The van der Waals surface area contributed by atoms with Crippen molar-refractivity contribution < 1.29 is 0 Å². The van der Waals surface area contributed by atoms with Crippen LogP contribution in [-0.2, 0) is 0 Å². The Hall–Kier alpha value is -0.760. The van der Waals surface area contributed by atoms with Gasteiger partial charge in [-0.05, 0) is 25.5 Å². The van der Waals surface area contributed by atoms with Crippen molar-refractivity contribution in [2.75, 3.05) is 0 Å². The first kappa shape index (κ1) is 5.98. The molecule has 0 aliphatic heterocycles. The van der Waals surface area contributed by atoms with Crippen molar-refractivity contribution in [3.8, 4) is 0 Å². The molecular weight excluding hydrogens is 142 g/mol. The van der Waals surface area contributed by atoms with Gasteiger partial charge in [-0.15, -0.1) is 11.3 Å². The number of nitrogens with one attached hydrogen (secondary N) is 1. The molecule has 0 radical (unpaired) electrons. The van der Waals surface area contributed by atoms with Crippen LogP contribution >= 0.6 is 11.3 Å². The minimum atomic E-state index is 1.28. The predicted molar refractivity (Wildman–Crippen MR) is 45.6 cm³/mol. The van der Waals surface area contributed by atoms with E-state index in [1.165, 1.54) is 20.7 Å². The Balaban J connectivity index is 2.90. The summed E-state index contributed by atoms with van der Waals surface area (Å²) in [4.78, 5) is 4.60. The number of hydrogen-bond donors (Lipinski definition) is 1. The Kier molecular flexibility index (Phi) is 1.11. The molecule has 0 aromatic carbocycles. The van der Waals surface area contributed by atoms with Crippen molar-refractivity contribution in [2.24, 2.45) is 0 Å². The molecule has 2 heteroatoms. The normalized spacial score (nSPS) is 11.0. The summed E-state index contributed by atoms with van der Waals surface area (Å²) < 4.78 is 1.40. The molecule has 52 valence electrons. The molecule has 0 spiro atoms. The van der Waals surface area contributed by atoms with E-state index in [-0.39, 0.29) is 0 Å². The zero-order valence-electron chi connectivity index (χ0n) is 6.06. The van der Waals surface area contributed by atoms with Gasteiger partial charge in [0.05, 0.1) is 10.2 Å². The SMILES string of the molecule is Cc1cc2[nH]cc(C)c2s1. The minimum absolute atomic E-state index is 1.28. The topological polar surface area (TPSA) is 15.8 Å². The van der Waals surface area contributed by atoms with Gasteiger partial charge in [-0.1, -0.05) is 0 Å². The Labute approximate surface area is 63.7 Å². The second-order valence-electron chi connectivity index (χ2n) is 2.57. The lowest BCUT2D eigenvalue weighted by Gasteiger charge is -1.77. The van der Waals surface area contributed by atoms with Gasteiger partial charge in [-0.3, -0.25) is 0 Å². The number of aryl methyl sites for hydroxylation is 2. The van der Waals surface area contributed by atoms with E-state index in [9.17, 15) is 0 Å².